The van der Waals surface area contributed by atoms with Gasteiger partial charge in [-0.3, -0.25) is 4.79 Å². The summed E-state index contributed by atoms with van der Waals surface area (Å²) in [5, 5.41) is 3.03. The van der Waals surface area contributed by atoms with Gasteiger partial charge in [0, 0.05) is 19.5 Å². The summed E-state index contributed by atoms with van der Waals surface area (Å²) in [5.41, 5.74) is 0. The molecule has 0 aromatic heterocycles. The molecule has 0 aliphatic carbocycles. The highest BCUT2D eigenvalue weighted by Crippen LogP contribution is 2.11. The van der Waals surface area contributed by atoms with Gasteiger partial charge in [0.1, 0.15) is 0 Å². The molecule has 0 bridgehead atoms. The fourth-order valence-corrected chi connectivity index (χ4v) is 1.93. The van der Waals surface area contributed by atoms with E-state index in [0.717, 1.165) is 6.54 Å². The standard InChI is InChI=1S/C11H22N2O.C2H6/c1-9(2)11(12-10(3)14)8-13-6-4-5-7-13;1-2/h9,11H,4-8H2,1-3H3,(H,12,14);1-2H3. The van der Waals surface area contributed by atoms with Crippen molar-refractivity contribution in [2.75, 3.05) is 19.6 Å². The number of nitrogens with zero attached hydrogens (tertiary/aromatic N) is 1. The maximum Gasteiger partial charge on any atom is 0.217 e. The number of amides is 1. The van der Waals surface area contributed by atoms with Crippen LogP contribution >= 0.6 is 0 Å². The van der Waals surface area contributed by atoms with Crippen molar-refractivity contribution in [3.05, 3.63) is 0 Å². The van der Waals surface area contributed by atoms with Crippen LogP contribution in [0.2, 0.25) is 0 Å². The van der Waals surface area contributed by atoms with Crippen LogP contribution in [0.15, 0.2) is 0 Å². The third-order valence-electron chi connectivity index (χ3n) is 2.85. The summed E-state index contributed by atoms with van der Waals surface area (Å²) in [7, 11) is 0. The van der Waals surface area contributed by atoms with Crippen molar-refractivity contribution >= 4 is 5.91 Å². The maximum absolute atomic E-state index is 11.0. The lowest BCUT2D eigenvalue weighted by Crippen LogP contribution is -2.45. The van der Waals surface area contributed by atoms with Gasteiger partial charge in [0.05, 0.1) is 0 Å². The first kappa shape index (κ1) is 15.4. The molecule has 1 amide bonds. The Labute approximate surface area is 101 Å². The molecule has 1 N–H and O–H groups in total. The van der Waals surface area contributed by atoms with E-state index in [2.05, 4.69) is 24.1 Å². The number of hydrogen-bond acceptors (Lipinski definition) is 2. The SMILES string of the molecule is CC.CC(=O)NC(CN1CCCC1)C(C)C. The molecule has 0 aromatic carbocycles. The van der Waals surface area contributed by atoms with E-state index in [4.69, 9.17) is 0 Å². The van der Waals surface area contributed by atoms with Crippen molar-refractivity contribution in [3.8, 4) is 0 Å². The molecule has 1 atom stereocenters. The Balaban J connectivity index is 0.00000106. The van der Waals surface area contributed by atoms with Gasteiger partial charge < -0.3 is 10.2 Å². The van der Waals surface area contributed by atoms with Crippen molar-refractivity contribution in [1.29, 1.82) is 0 Å². The first-order valence-corrected chi connectivity index (χ1v) is 6.59. The number of carbonyl (C=O) groups excluding carboxylic acids is 1. The zero-order chi connectivity index (χ0) is 12.6. The van der Waals surface area contributed by atoms with Crippen molar-refractivity contribution in [2.45, 2.75) is 53.5 Å². The average molecular weight is 228 g/mol. The molecule has 1 saturated heterocycles. The third kappa shape index (κ3) is 6.11. The lowest BCUT2D eigenvalue weighted by Gasteiger charge is -2.26. The summed E-state index contributed by atoms with van der Waals surface area (Å²) >= 11 is 0. The minimum atomic E-state index is 0.0860. The molecule has 1 fully saturated rings. The van der Waals surface area contributed by atoms with Crippen LogP contribution in [0.25, 0.3) is 0 Å². The number of likely N-dealkylation sites (tertiary alicyclic amines) is 1. The van der Waals surface area contributed by atoms with E-state index in [-0.39, 0.29) is 5.91 Å². The van der Waals surface area contributed by atoms with E-state index in [9.17, 15) is 4.79 Å². The van der Waals surface area contributed by atoms with E-state index >= 15 is 0 Å². The normalized spacial score (nSPS) is 17.9. The van der Waals surface area contributed by atoms with E-state index in [1.54, 1.807) is 6.92 Å². The summed E-state index contributed by atoms with van der Waals surface area (Å²) in [5.74, 6) is 0.599. The highest BCUT2D eigenvalue weighted by atomic mass is 16.1. The molecule has 96 valence electrons. The van der Waals surface area contributed by atoms with Crippen LogP contribution in [-0.4, -0.2) is 36.5 Å². The molecule has 16 heavy (non-hydrogen) atoms. The molecule has 1 rings (SSSR count). The fourth-order valence-electron chi connectivity index (χ4n) is 1.93. The Morgan fingerprint density at radius 2 is 1.75 bits per heavy atom. The Hall–Kier alpha value is -0.570. The van der Waals surface area contributed by atoms with Gasteiger partial charge in [-0.25, -0.2) is 0 Å². The Kier molecular flexibility index (Phi) is 8.26. The predicted molar refractivity (Wildman–Crippen MR) is 69.5 cm³/mol. The number of carbonyl (C=O) groups is 1. The monoisotopic (exact) mass is 228 g/mol. The van der Waals surface area contributed by atoms with Gasteiger partial charge in [-0.15, -0.1) is 0 Å². The van der Waals surface area contributed by atoms with Crippen molar-refractivity contribution in [3.63, 3.8) is 0 Å². The van der Waals surface area contributed by atoms with Gasteiger partial charge in [0.15, 0.2) is 0 Å². The molecule has 1 aliphatic heterocycles. The van der Waals surface area contributed by atoms with Crippen LogP contribution in [-0.2, 0) is 4.79 Å². The van der Waals surface area contributed by atoms with Gasteiger partial charge in [-0.1, -0.05) is 27.7 Å². The second-order valence-corrected chi connectivity index (χ2v) is 4.56. The zero-order valence-electron chi connectivity index (χ0n) is 11.5. The Morgan fingerprint density at radius 1 is 1.25 bits per heavy atom. The highest BCUT2D eigenvalue weighted by molar-refractivity contribution is 5.73. The molecule has 0 aromatic rings. The van der Waals surface area contributed by atoms with Gasteiger partial charge >= 0.3 is 0 Å². The van der Waals surface area contributed by atoms with E-state index in [0.29, 0.717) is 12.0 Å². The van der Waals surface area contributed by atoms with E-state index < -0.39 is 0 Å². The highest BCUT2D eigenvalue weighted by Gasteiger charge is 2.20. The Morgan fingerprint density at radius 3 is 2.12 bits per heavy atom. The van der Waals surface area contributed by atoms with Crippen molar-refractivity contribution in [2.24, 2.45) is 5.92 Å². The number of hydrogen-bond donors (Lipinski definition) is 1. The van der Waals surface area contributed by atoms with Gasteiger partial charge in [-0.2, -0.15) is 0 Å². The molecule has 3 heteroatoms. The summed E-state index contributed by atoms with van der Waals surface area (Å²) in [6.07, 6.45) is 2.62. The van der Waals surface area contributed by atoms with Crippen LogP contribution in [0.1, 0.15) is 47.5 Å². The second kappa shape index (κ2) is 8.57. The summed E-state index contributed by atoms with van der Waals surface area (Å²) in [4.78, 5) is 13.4. The molecule has 1 heterocycles. The van der Waals surface area contributed by atoms with Crippen LogP contribution < -0.4 is 5.32 Å². The fraction of sp³-hybridized carbons (Fsp3) is 0.923. The topological polar surface area (TPSA) is 32.3 Å². The first-order valence-electron chi connectivity index (χ1n) is 6.59. The molecule has 0 spiro atoms. The largest absolute Gasteiger partial charge is 0.352 e. The Bertz CT molecular complexity index is 186. The summed E-state index contributed by atoms with van der Waals surface area (Å²) < 4.78 is 0. The third-order valence-corrected chi connectivity index (χ3v) is 2.85. The zero-order valence-corrected chi connectivity index (χ0v) is 11.5. The van der Waals surface area contributed by atoms with Crippen LogP contribution in [0, 0.1) is 5.92 Å². The van der Waals surface area contributed by atoms with E-state index in [1.807, 2.05) is 13.8 Å². The van der Waals surface area contributed by atoms with Gasteiger partial charge in [0.25, 0.3) is 0 Å². The average Bonchev–Trinajstić information content (AvgIpc) is 2.72. The van der Waals surface area contributed by atoms with Gasteiger partial charge in [0.2, 0.25) is 5.91 Å². The molecule has 1 unspecified atom stereocenters. The molecular weight excluding hydrogens is 200 g/mol. The molecular formula is C13H28N2O. The summed E-state index contributed by atoms with van der Waals surface area (Å²) in [6.45, 7) is 13.3. The molecule has 0 saturated carbocycles. The smallest absolute Gasteiger partial charge is 0.217 e. The molecule has 0 radical (unpaired) electrons. The van der Waals surface area contributed by atoms with Crippen LogP contribution in [0.4, 0.5) is 0 Å². The minimum Gasteiger partial charge on any atom is -0.352 e. The second-order valence-electron chi connectivity index (χ2n) is 4.56. The van der Waals surface area contributed by atoms with E-state index in [1.165, 1.54) is 25.9 Å². The van der Waals surface area contributed by atoms with Crippen molar-refractivity contribution < 1.29 is 4.79 Å². The first-order chi connectivity index (χ1) is 7.59. The lowest BCUT2D eigenvalue weighted by atomic mass is 10.0. The molecule has 1 aliphatic rings. The number of rotatable bonds is 4. The predicted octanol–water partition coefficient (Wildman–Crippen LogP) is 2.27. The van der Waals surface area contributed by atoms with Crippen LogP contribution in [0.3, 0.4) is 0 Å². The summed E-state index contributed by atoms with van der Waals surface area (Å²) in [6, 6.07) is 0.311. The van der Waals surface area contributed by atoms with Crippen LogP contribution in [0.5, 0.6) is 0 Å². The quantitative estimate of drug-likeness (QED) is 0.800. The van der Waals surface area contributed by atoms with Crippen molar-refractivity contribution in [1.82, 2.24) is 10.2 Å². The minimum absolute atomic E-state index is 0.0860. The van der Waals surface area contributed by atoms with Gasteiger partial charge in [-0.05, 0) is 31.8 Å². The maximum atomic E-state index is 11.0. The lowest BCUT2D eigenvalue weighted by molar-refractivity contribution is -0.120. The molecule has 3 nitrogen and oxygen atoms in total. The number of nitrogens with one attached hydrogen (secondary N) is 1.